The first kappa shape index (κ1) is 39.6. The molecule has 2 aliphatic carbocycles. The Hall–Kier alpha value is -2.20. The van der Waals surface area contributed by atoms with Crippen molar-refractivity contribution >= 4 is 23.9 Å². The maximum atomic E-state index is 12.8. The summed E-state index contributed by atoms with van der Waals surface area (Å²) in [6.45, 7) is 5.75. The molecular weight excluding hydrogens is 628 g/mol. The second kappa shape index (κ2) is 21.9. The maximum absolute atomic E-state index is 12.8. The fourth-order valence-electron chi connectivity index (χ4n) is 7.44. The number of epoxide rings is 2. The molecule has 2 heterocycles. The first-order chi connectivity index (χ1) is 23.9. The molecule has 0 N–H and O–H groups in total. The van der Waals surface area contributed by atoms with Crippen molar-refractivity contribution in [3.63, 3.8) is 0 Å². The summed E-state index contributed by atoms with van der Waals surface area (Å²) in [5.41, 5.74) is 0. The van der Waals surface area contributed by atoms with E-state index in [1.54, 1.807) is 0 Å². The van der Waals surface area contributed by atoms with Crippen LogP contribution in [0.3, 0.4) is 0 Å². The number of carbonyl (C=O) groups is 4. The lowest BCUT2D eigenvalue weighted by atomic mass is 9.79. The zero-order valence-corrected chi connectivity index (χ0v) is 30.4. The molecule has 0 spiro atoms. The molecule has 2 saturated carbocycles. The average Bonchev–Trinajstić information content (AvgIpc) is 4.03. The Morgan fingerprint density at radius 1 is 0.388 bits per heavy atom. The van der Waals surface area contributed by atoms with Crippen molar-refractivity contribution in [1.82, 2.24) is 0 Å². The number of unbranched alkanes of at least 4 members (excludes halogenated alkanes) is 14. The van der Waals surface area contributed by atoms with Gasteiger partial charge in [-0.25, -0.2) is 0 Å². The fraction of sp³-hybridized carbons (Fsp3) is 0.897. The number of hydrogen-bond donors (Lipinski definition) is 0. The Balaban J connectivity index is 0.917. The zero-order chi connectivity index (χ0) is 34.8. The van der Waals surface area contributed by atoms with E-state index < -0.39 is 23.7 Å². The van der Waals surface area contributed by atoms with E-state index in [4.69, 9.17) is 28.4 Å². The van der Waals surface area contributed by atoms with Crippen molar-refractivity contribution in [3.8, 4) is 0 Å². The minimum absolute atomic E-state index is 0.0960. The molecule has 280 valence electrons. The normalized spacial score (nSPS) is 28.1. The van der Waals surface area contributed by atoms with E-state index in [2.05, 4.69) is 13.8 Å². The van der Waals surface area contributed by atoms with Gasteiger partial charge in [0, 0.05) is 0 Å². The molecule has 0 aromatic rings. The first-order valence-electron chi connectivity index (χ1n) is 19.9. The third-order valence-corrected chi connectivity index (χ3v) is 10.8. The summed E-state index contributed by atoms with van der Waals surface area (Å²) in [5, 5.41) is 0. The zero-order valence-electron chi connectivity index (χ0n) is 30.4. The monoisotopic (exact) mass is 692 g/mol. The van der Waals surface area contributed by atoms with Gasteiger partial charge >= 0.3 is 23.9 Å². The van der Waals surface area contributed by atoms with Crippen LogP contribution in [0.25, 0.3) is 0 Å². The van der Waals surface area contributed by atoms with Crippen LogP contribution in [0.2, 0.25) is 0 Å². The molecule has 10 nitrogen and oxygen atoms in total. The Kier molecular flexibility index (Phi) is 17.7. The Morgan fingerprint density at radius 3 is 0.857 bits per heavy atom. The number of rotatable bonds is 26. The lowest BCUT2D eigenvalue weighted by molar-refractivity contribution is -0.162. The molecule has 2 saturated heterocycles. The summed E-state index contributed by atoms with van der Waals surface area (Å²) in [6.07, 6.45) is 21.0. The van der Waals surface area contributed by atoms with Crippen molar-refractivity contribution in [2.75, 3.05) is 26.4 Å². The minimum Gasteiger partial charge on any atom is -0.465 e. The summed E-state index contributed by atoms with van der Waals surface area (Å²) >= 11 is 0. The maximum Gasteiger partial charge on any atom is 0.309 e. The van der Waals surface area contributed by atoms with Gasteiger partial charge in [-0.15, -0.1) is 0 Å². The molecule has 0 amide bonds. The quantitative estimate of drug-likeness (QED) is 0.0391. The third kappa shape index (κ3) is 13.8. The van der Waals surface area contributed by atoms with Crippen LogP contribution in [-0.4, -0.2) is 74.7 Å². The molecule has 49 heavy (non-hydrogen) atoms. The van der Waals surface area contributed by atoms with Crippen LogP contribution in [0, 0.1) is 23.7 Å². The van der Waals surface area contributed by atoms with Gasteiger partial charge in [0.2, 0.25) is 0 Å². The van der Waals surface area contributed by atoms with E-state index in [1.807, 2.05) is 0 Å². The SMILES string of the molecule is CCCCOC(=O)C1CC2OC2CC1C(=O)OCCCCCCCCCCCCCCCOC(=O)C1CC2OC2CC1C(=O)OCCCC. The summed E-state index contributed by atoms with van der Waals surface area (Å²) < 4.78 is 33.2. The van der Waals surface area contributed by atoms with Gasteiger partial charge in [-0.1, -0.05) is 97.3 Å². The highest BCUT2D eigenvalue weighted by atomic mass is 16.6. The van der Waals surface area contributed by atoms with Crippen molar-refractivity contribution in [2.24, 2.45) is 23.7 Å². The van der Waals surface area contributed by atoms with Crippen LogP contribution >= 0.6 is 0 Å². The number of hydrogen-bond acceptors (Lipinski definition) is 10. The molecule has 4 fully saturated rings. The highest BCUT2D eigenvalue weighted by molar-refractivity contribution is 5.83. The lowest BCUT2D eigenvalue weighted by Gasteiger charge is -2.26. The van der Waals surface area contributed by atoms with Crippen molar-refractivity contribution < 1.29 is 47.6 Å². The predicted octanol–water partition coefficient (Wildman–Crippen LogP) is 7.42. The van der Waals surface area contributed by atoms with E-state index in [0.717, 1.165) is 64.2 Å². The highest BCUT2D eigenvalue weighted by Crippen LogP contribution is 2.45. The fourth-order valence-corrected chi connectivity index (χ4v) is 7.44. The van der Waals surface area contributed by atoms with Gasteiger partial charge in [-0.05, 0) is 51.4 Å². The molecule has 8 atom stereocenters. The van der Waals surface area contributed by atoms with E-state index in [9.17, 15) is 19.2 Å². The van der Waals surface area contributed by atoms with Gasteiger partial charge in [0.1, 0.15) is 0 Å². The van der Waals surface area contributed by atoms with E-state index >= 15 is 0 Å². The topological polar surface area (TPSA) is 130 Å². The van der Waals surface area contributed by atoms with Gasteiger partial charge in [0.15, 0.2) is 0 Å². The number of ether oxygens (including phenoxy) is 6. The Labute approximate surface area is 294 Å². The van der Waals surface area contributed by atoms with Crippen LogP contribution < -0.4 is 0 Å². The summed E-state index contributed by atoms with van der Waals surface area (Å²) in [6, 6.07) is 0. The number of fused-ring (bicyclic) bond motifs is 2. The molecular formula is C39H64O10. The minimum atomic E-state index is -0.446. The molecule has 2 aliphatic heterocycles. The Bertz CT molecular complexity index is 938. The van der Waals surface area contributed by atoms with Crippen LogP contribution in [-0.2, 0) is 47.6 Å². The van der Waals surface area contributed by atoms with Gasteiger partial charge in [-0.2, -0.15) is 0 Å². The molecule has 4 rings (SSSR count). The largest absolute Gasteiger partial charge is 0.465 e. The summed E-state index contributed by atoms with van der Waals surface area (Å²) in [5.74, 6) is -2.87. The number of carbonyl (C=O) groups excluding carboxylic acids is 4. The van der Waals surface area contributed by atoms with Crippen LogP contribution in [0.1, 0.15) is 149 Å². The Morgan fingerprint density at radius 2 is 0.612 bits per heavy atom. The summed E-state index contributed by atoms with van der Waals surface area (Å²) in [4.78, 5) is 50.7. The highest BCUT2D eigenvalue weighted by Gasteiger charge is 2.54. The van der Waals surface area contributed by atoms with Crippen molar-refractivity contribution in [2.45, 2.75) is 173 Å². The molecule has 0 bridgehead atoms. The van der Waals surface area contributed by atoms with Crippen LogP contribution in [0.5, 0.6) is 0 Å². The average molecular weight is 693 g/mol. The van der Waals surface area contributed by atoms with Gasteiger partial charge < -0.3 is 28.4 Å². The first-order valence-corrected chi connectivity index (χ1v) is 19.9. The van der Waals surface area contributed by atoms with Crippen molar-refractivity contribution in [3.05, 3.63) is 0 Å². The van der Waals surface area contributed by atoms with Crippen LogP contribution in [0.4, 0.5) is 0 Å². The molecule has 4 aliphatic rings. The van der Waals surface area contributed by atoms with Crippen molar-refractivity contribution in [1.29, 1.82) is 0 Å². The van der Waals surface area contributed by atoms with E-state index in [0.29, 0.717) is 52.1 Å². The standard InChI is InChI=1S/C39H64O10/c1-3-5-20-44-36(40)28-24-32-34(48-32)26-30(28)38(42)46-22-18-16-14-12-10-8-7-9-11-13-15-17-19-23-47-39(43)31-27-35-33(49-35)25-29(31)37(41)45-21-6-4-2/h28-35H,3-27H2,1-2H3. The molecule has 10 heteroatoms. The predicted molar refractivity (Wildman–Crippen MR) is 183 cm³/mol. The second-order valence-electron chi connectivity index (χ2n) is 14.8. The molecule has 8 unspecified atom stereocenters. The van der Waals surface area contributed by atoms with Gasteiger partial charge in [0.25, 0.3) is 0 Å². The lowest BCUT2D eigenvalue weighted by Crippen LogP contribution is -2.37. The molecule has 0 radical (unpaired) electrons. The molecule has 0 aromatic carbocycles. The summed E-state index contributed by atoms with van der Waals surface area (Å²) in [7, 11) is 0. The second-order valence-corrected chi connectivity index (χ2v) is 14.8. The van der Waals surface area contributed by atoms with E-state index in [1.165, 1.54) is 44.9 Å². The van der Waals surface area contributed by atoms with E-state index in [-0.39, 0.29) is 48.3 Å². The van der Waals surface area contributed by atoms with Gasteiger partial charge in [-0.3, -0.25) is 19.2 Å². The van der Waals surface area contributed by atoms with Crippen LogP contribution in [0.15, 0.2) is 0 Å². The smallest absolute Gasteiger partial charge is 0.309 e. The van der Waals surface area contributed by atoms with Gasteiger partial charge in [0.05, 0.1) is 74.5 Å². The molecule has 0 aromatic heterocycles. The number of esters is 4. The third-order valence-electron chi connectivity index (χ3n) is 10.8.